The molecule has 1 fully saturated rings. The number of likely N-dealkylation sites (tertiary alicyclic amines) is 1. The number of halogens is 1. The number of aliphatic imine (C=N–C) groups is 1. The van der Waals surface area contributed by atoms with Crippen LogP contribution in [0.2, 0.25) is 0 Å². The number of aryl methyl sites for hydroxylation is 1. The SMILES string of the molecule is CN=C(NCC(C)(C)c1cccc(C)c1)N1CCC(OCCCOC)CC1.I. The number of nitrogens with one attached hydrogen (secondary N) is 1. The highest BCUT2D eigenvalue weighted by atomic mass is 127. The van der Waals surface area contributed by atoms with E-state index >= 15 is 0 Å². The van der Waals surface area contributed by atoms with E-state index in [4.69, 9.17) is 9.47 Å². The Morgan fingerprint density at radius 3 is 2.57 bits per heavy atom. The molecule has 160 valence electrons. The van der Waals surface area contributed by atoms with E-state index in [0.717, 1.165) is 58.1 Å². The number of benzene rings is 1. The second kappa shape index (κ2) is 12.6. The first kappa shape index (κ1) is 25.2. The van der Waals surface area contributed by atoms with Gasteiger partial charge in [0.1, 0.15) is 0 Å². The van der Waals surface area contributed by atoms with Crippen LogP contribution in [0.1, 0.15) is 44.2 Å². The topological polar surface area (TPSA) is 46.1 Å². The highest BCUT2D eigenvalue weighted by Crippen LogP contribution is 2.23. The Hall–Kier alpha value is -0.860. The zero-order valence-corrected chi connectivity index (χ0v) is 20.5. The van der Waals surface area contributed by atoms with Gasteiger partial charge in [-0.2, -0.15) is 0 Å². The first-order chi connectivity index (χ1) is 13.0. The molecule has 6 heteroatoms. The van der Waals surface area contributed by atoms with Crippen molar-refractivity contribution in [2.75, 3.05) is 47.0 Å². The van der Waals surface area contributed by atoms with Crippen LogP contribution in [-0.2, 0) is 14.9 Å². The second-order valence-corrected chi connectivity index (χ2v) is 8.06. The Kier molecular flexibility index (Phi) is 11.4. The van der Waals surface area contributed by atoms with Crippen molar-refractivity contribution in [3.63, 3.8) is 0 Å². The van der Waals surface area contributed by atoms with E-state index in [1.165, 1.54) is 11.1 Å². The summed E-state index contributed by atoms with van der Waals surface area (Å²) in [5.41, 5.74) is 2.70. The van der Waals surface area contributed by atoms with E-state index in [0.29, 0.717) is 6.10 Å². The third-order valence-corrected chi connectivity index (χ3v) is 5.29. The normalized spacial score (nSPS) is 16.0. The van der Waals surface area contributed by atoms with Crippen molar-refractivity contribution in [1.29, 1.82) is 0 Å². The summed E-state index contributed by atoms with van der Waals surface area (Å²) in [6, 6.07) is 8.77. The fourth-order valence-corrected chi connectivity index (χ4v) is 3.49. The summed E-state index contributed by atoms with van der Waals surface area (Å²) in [6.45, 7) is 11.1. The van der Waals surface area contributed by atoms with Gasteiger partial charge in [-0.25, -0.2) is 0 Å². The van der Waals surface area contributed by atoms with Gasteiger partial charge in [-0.05, 0) is 31.7 Å². The molecule has 5 nitrogen and oxygen atoms in total. The Bertz CT molecular complexity index is 599. The number of methoxy groups -OCH3 is 1. The Morgan fingerprint density at radius 2 is 1.96 bits per heavy atom. The molecule has 0 amide bonds. The van der Waals surface area contributed by atoms with Crippen LogP contribution in [0.15, 0.2) is 29.3 Å². The smallest absolute Gasteiger partial charge is 0.193 e. The molecule has 0 saturated carbocycles. The molecule has 0 atom stereocenters. The van der Waals surface area contributed by atoms with Crippen LogP contribution in [0.3, 0.4) is 0 Å². The second-order valence-electron chi connectivity index (χ2n) is 8.06. The molecule has 1 N–H and O–H groups in total. The minimum atomic E-state index is 0. The number of nitrogens with zero attached hydrogens (tertiary/aromatic N) is 2. The summed E-state index contributed by atoms with van der Waals surface area (Å²) >= 11 is 0. The van der Waals surface area contributed by atoms with Gasteiger partial charge in [-0.1, -0.05) is 43.7 Å². The van der Waals surface area contributed by atoms with Crippen LogP contribution < -0.4 is 5.32 Å². The van der Waals surface area contributed by atoms with Crippen molar-refractivity contribution in [3.05, 3.63) is 35.4 Å². The summed E-state index contributed by atoms with van der Waals surface area (Å²) in [5, 5.41) is 3.59. The molecule has 1 aromatic carbocycles. The molecule has 0 unspecified atom stereocenters. The molecule has 1 saturated heterocycles. The van der Waals surface area contributed by atoms with Crippen molar-refractivity contribution in [2.45, 2.75) is 51.6 Å². The summed E-state index contributed by atoms with van der Waals surface area (Å²) < 4.78 is 11.0. The summed E-state index contributed by atoms with van der Waals surface area (Å²) in [7, 11) is 3.60. The summed E-state index contributed by atoms with van der Waals surface area (Å²) in [5.74, 6) is 0.994. The minimum Gasteiger partial charge on any atom is -0.385 e. The highest BCUT2D eigenvalue weighted by Gasteiger charge is 2.25. The predicted molar refractivity (Wildman–Crippen MR) is 128 cm³/mol. The van der Waals surface area contributed by atoms with Crippen LogP contribution >= 0.6 is 24.0 Å². The molecule has 1 aromatic rings. The number of hydrogen-bond acceptors (Lipinski definition) is 3. The molecule has 0 bridgehead atoms. The molecule has 0 aliphatic carbocycles. The zero-order valence-electron chi connectivity index (χ0n) is 18.2. The molecule has 28 heavy (non-hydrogen) atoms. The third-order valence-electron chi connectivity index (χ3n) is 5.29. The van der Waals surface area contributed by atoms with Gasteiger partial charge >= 0.3 is 0 Å². The molecule has 0 radical (unpaired) electrons. The molecule has 1 heterocycles. The maximum atomic E-state index is 5.96. The summed E-state index contributed by atoms with van der Waals surface area (Å²) in [6.07, 6.45) is 3.43. The van der Waals surface area contributed by atoms with Crippen LogP contribution in [0.25, 0.3) is 0 Å². The van der Waals surface area contributed by atoms with Crippen molar-refractivity contribution < 1.29 is 9.47 Å². The number of piperidine rings is 1. The number of hydrogen-bond donors (Lipinski definition) is 1. The fraction of sp³-hybridized carbons (Fsp3) is 0.682. The maximum absolute atomic E-state index is 5.96. The quantitative estimate of drug-likeness (QED) is 0.252. The van der Waals surface area contributed by atoms with Crippen LogP contribution in [0.4, 0.5) is 0 Å². The molecule has 1 aliphatic heterocycles. The van der Waals surface area contributed by atoms with Crippen LogP contribution in [0, 0.1) is 6.92 Å². The van der Waals surface area contributed by atoms with Gasteiger partial charge < -0.3 is 19.7 Å². The maximum Gasteiger partial charge on any atom is 0.193 e. The highest BCUT2D eigenvalue weighted by molar-refractivity contribution is 14.0. The van der Waals surface area contributed by atoms with Crippen LogP contribution in [-0.4, -0.2) is 64.0 Å². The standard InChI is InChI=1S/C22H37N3O2.HI/c1-18-8-6-9-19(16-18)22(2,3)17-24-21(23-4)25-12-10-20(11-13-25)27-15-7-14-26-5;/h6,8-9,16,20H,7,10-15,17H2,1-5H3,(H,23,24);1H. The van der Waals surface area contributed by atoms with Crippen molar-refractivity contribution in [1.82, 2.24) is 10.2 Å². The van der Waals surface area contributed by atoms with Gasteiger partial charge in [0.05, 0.1) is 6.10 Å². The molecular formula is C22H38IN3O2. The lowest BCUT2D eigenvalue weighted by molar-refractivity contribution is 0.00987. The third kappa shape index (κ3) is 7.87. The Labute approximate surface area is 188 Å². The lowest BCUT2D eigenvalue weighted by atomic mass is 9.84. The number of rotatable bonds is 8. The number of ether oxygens (including phenoxy) is 2. The van der Waals surface area contributed by atoms with E-state index in [-0.39, 0.29) is 29.4 Å². The molecular weight excluding hydrogens is 465 g/mol. The average molecular weight is 503 g/mol. The van der Waals surface area contributed by atoms with E-state index < -0.39 is 0 Å². The van der Waals surface area contributed by atoms with Crippen molar-refractivity contribution >= 4 is 29.9 Å². The van der Waals surface area contributed by atoms with E-state index in [9.17, 15) is 0 Å². The van der Waals surface area contributed by atoms with Gasteiger partial charge in [0.25, 0.3) is 0 Å². The Balaban J connectivity index is 0.00000392. The minimum absolute atomic E-state index is 0. The van der Waals surface area contributed by atoms with Gasteiger partial charge in [0, 0.05) is 52.4 Å². The molecule has 1 aliphatic rings. The fourth-order valence-electron chi connectivity index (χ4n) is 3.49. The summed E-state index contributed by atoms with van der Waals surface area (Å²) in [4.78, 5) is 6.86. The lowest BCUT2D eigenvalue weighted by Crippen LogP contribution is -2.49. The van der Waals surface area contributed by atoms with Gasteiger partial charge in [-0.3, -0.25) is 4.99 Å². The largest absolute Gasteiger partial charge is 0.385 e. The molecule has 0 spiro atoms. The first-order valence-corrected chi connectivity index (χ1v) is 10.1. The van der Waals surface area contributed by atoms with Crippen molar-refractivity contribution in [3.8, 4) is 0 Å². The average Bonchev–Trinajstić information content (AvgIpc) is 2.67. The lowest BCUT2D eigenvalue weighted by Gasteiger charge is -2.35. The monoisotopic (exact) mass is 503 g/mol. The van der Waals surface area contributed by atoms with E-state index in [2.05, 4.69) is 60.2 Å². The first-order valence-electron chi connectivity index (χ1n) is 10.1. The zero-order chi connectivity index (χ0) is 19.7. The Morgan fingerprint density at radius 1 is 1.25 bits per heavy atom. The van der Waals surface area contributed by atoms with Gasteiger partial charge in [0.2, 0.25) is 0 Å². The van der Waals surface area contributed by atoms with Crippen LogP contribution in [0.5, 0.6) is 0 Å². The predicted octanol–water partition coefficient (Wildman–Crippen LogP) is 3.98. The van der Waals surface area contributed by atoms with E-state index in [1.807, 2.05) is 7.05 Å². The molecule has 2 rings (SSSR count). The molecule has 0 aromatic heterocycles. The van der Waals surface area contributed by atoms with Gasteiger partial charge in [0.15, 0.2) is 5.96 Å². The van der Waals surface area contributed by atoms with Crippen molar-refractivity contribution in [2.24, 2.45) is 4.99 Å². The van der Waals surface area contributed by atoms with E-state index in [1.54, 1.807) is 7.11 Å². The number of guanidine groups is 1. The van der Waals surface area contributed by atoms with Gasteiger partial charge in [-0.15, -0.1) is 24.0 Å².